The number of rotatable bonds is 4. The number of nitrogens with one attached hydrogen (secondary N) is 1. The number of nitrogens with zero attached hydrogens (tertiary/aromatic N) is 2. The molecule has 1 aliphatic rings. The summed E-state index contributed by atoms with van der Waals surface area (Å²) >= 11 is 0. The van der Waals surface area contributed by atoms with Crippen LogP contribution in [0.3, 0.4) is 0 Å². The minimum Gasteiger partial charge on any atom is -0.333 e. The molecule has 5 heteroatoms. The molecule has 0 radical (unpaired) electrons. The Kier molecular flexibility index (Phi) is 3.36. The van der Waals surface area contributed by atoms with Gasteiger partial charge in [-0.15, -0.1) is 0 Å². The van der Waals surface area contributed by atoms with Gasteiger partial charge in [-0.3, -0.25) is 4.98 Å². The molecule has 1 atom stereocenters. The van der Waals surface area contributed by atoms with Crippen molar-refractivity contribution >= 4 is 6.03 Å². The molecule has 16 heavy (non-hydrogen) atoms. The van der Waals surface area contributed by atoms with Crippen LogP contribution in [0.1, 0.15) is 12.0 Å². The van der Waals surface area contributed by atoms with Gasteiger partial charge < -0.3 is 16.0 Å². The van der Waals surface area contributed by atoms with Crippen molar-refractivity contribution in [2.45, 2.75) is 19.0 Å². The van der Waals surface area contributed by atoms with Gasteiger partial charge in [0.1, 0.15) is 0 Å². The lowest BCUT2D eigenvalue weighted by Crippen LogP contribution is -2.29. The van der Waals surface area contributed by atoms with Crippen molar-refractivity contribution in [2.24, 2.45) is 5.73 Å². The van der Waals surface area contributed by atoms with Crippen LogP contribution in [-0.2, 0) is 6.54 Å². The summed E-state index contributed by atoms with van der Waals surface area (Å²) in [5.41, 5.74) is 6.57. The molecule has 86 valence electrons. The molecule has 1 aromatic heterocycles. The van der Waals surface area contributed by atoms with Crippen LogP contribution < -0.4 is 11.1 Å². The second-order valence-electron chi connectivity index (χ2n) is 3.96. The quantitative estimate of drug-likeness (QED) is 0.768. The number of urea groups is 1. The monoisotopic (exact) mass is 220 g/mol. The molecule has 0 aromatic carbocycles. The van der Waals surface area contributed by atoms with Crippen molar-refractivity contribution < 1.29 is 4.79 Å². The molecule has 1 aliphatic heterocycles. The maximum absolute atomic E-state index is 11.6. The highest BCUT2D eigenvalue weighted by Gasteiger charge is 2.27. The second kappa shape index (κ2) is 4.94. The van der Waals surface area contributed by atoms with Gasteiger partial charge >= 0.3 is 6.03 Å². The van der Waals surface area contributed by atoms with E-state index in [2.05, 4.69) is 10.3 Å². The Balaban J connectivity index is 1.94. The van der Waals surface area contributed by atoms with E-state index in [-0.39, 0.29) is 12.1 Å². The summed E-state index contributed by atoms with van der Waals surface area (Å²) < 4.78 is 0. The van der Waals surface area contributed by atoms with E-state index in [1.165, 1.54) is 0 Å². The Morgan fingerprint density at radius 3 is 2.94 bits per heavy atom. The van der Waals surface area contributed by atoms with Gasteiger partial charge in [-0.2, -0.15) is 0 Å². The molecule has 1 saturated heterocycles. The highest BCUT2D eigenvalue weighted by atomic mass is 16.2. The van der Waals surface area contributed by atoms with Gasteiger partial charge in [0, 0.05) is 31.5 Å². The van der Waals surface area contributed by atoms with E-state index in [1.54, 1.807) is 17.3 Å². The minimum atomic E-state index is -0.00439. The summed E-state index contributed by atoms with van der Waals surface area (Å²) in [4.78, 5) is 17.4. The zero-order chi connectivity index (χ0) is 11.4. The van der Waals surface area contributed by atoms with E-state index in [0.717, 1.165) is 18.5 Å². The van der Waals surface area contributed by atoms with Crippen molar-refractivity contribution in [2.75, 3.05) is 13.1 Å². The molecule has 1 fully saturated rings. The highest BCUT2D eigenvalue weighted by molar-refractivity contribution is 5.76. The zero-order valence-electron chi connectivity index (χ0n) is 9.10. The van der Waals surface area contributed by atoms with Crippen LogP contribution in [0.4, 0.5) is 4.79 Å². The van der Waals surface area contributed by atoms with E-state index in [1.807, 2.05) is 12.1 Å². The van der Waals surface area contributed by atoms with Crippen molar-refractivity contribution in [1.29, 1.82) is 0 Å². The van der Waals surface area contributed by atoms with Crippen molar-refractivity contribution in [3.8, 4) is 0 Å². The molecule has 2 rings (SSSR count). The summed E-state index contributed by atoms with van der Waals surface area (Å²) in [6.45, 7) is 1.97. The number of nitrogens with two attached hydrogens (primary N) is 1. The summed E-state index contributed by atoms with van der Waals surface area (Å²) in [5, 5.41) is 2.92. The van der Waals surface area contributed by atoms with E-state index in [9.17, 15) is 4.79 Å². The lowest BCUT2D eigenvalue weighted by Gasteiger charge is -2.14. The van der Waals surface area contributed by atoms with Crippen LogP contribution in [-0.4, -0.2) is 35.0 Å². The van der Waals surface area contributed by atoms with E-state index in [0.29, 0.717) is 13.1 Å². The fourth-order valence-corrected chi connectivity index (χ4v) is 1.87. The minimum absolute atomic E-state index is 0.00439. The fraction of sp³-hybridized carbons (Fsp3) is 0.455. The van der Waals surface area contributed by atoms with Crippen LogP contribution in [0, 0.1) is 0 Å². The predicted molar refractivity (Wildman–Crippen MR) is 60.6 cm³/mol. The molecule has 0 aliphatic carbocycles. The summed E-state index contributed by atoms with van der Waals surface area (Å²) in [5.74, 6) is 0. The molecule has 1 aromatic rings. The smallest absolute Gasteiger partial charge is 0.318 e. The van der Waals surface area contributed by atoms with Gasteiger partial charge in [0.05, 0.1) is 0 Å². The SMILES string of the molecule is NCCC1CN(Cc2ccncc2)C(=O)N1. The Hall–Kier alpha value is -1.62. The molecule has 0 spiro atoms. The molecule has 1 unspecified atom stereocenters. The molecular weight excluding hydrogens is 204 g/mol. The van der Waals surface area contributed by atoms with Gasteiger partial charge in [0.25, 0.3) is 0 Å². The Morgan fingerprint density at radius 1 is 1.50 bits per heavy atom. The Labute approximate surface area is 94.6 Å². The average molecular weight is 220 g/mol. The third kappa shape index (κ3) is 2.49. The lowest BCUT2D eigenvalue weighted by atomic mass is 10.2. The molecule has 0 saturated carbocycles. The lowest BCUT2D eigenvalue weighted by molar-refractivity contribution is 0.215. The first-order valence-corrected chi connectivity index (χ1v) is 5.44. The summed E-state index contributed by atoms with van der Waals surface area (Å²) in [6, 6.07) is 4.03. The highest BCUT2D eigenvalue weighted by Crippen LogP contribution is 2.11. The number of carbonyl (C=O) groups excluding carboxylic acids is 1. The van der Waals surface area contributed by atoms with Gasteiger partial charge in [-0.05, 0) is 30.7 Å². The van der Waals surface area contributed by atoms with Crippen LogP contribution in [0.25, 0.3) is 0 Å². The Morgan fingerprint density at radius 2 is 2.25 bits per heavy atom. The predicted octanol–water partition coefficient (Wildman–Crippen LogP) is 0.324. The van der Waals surface area contributed by atoms with E-state index in [4.69, 9.17) is 5.73 Å². The van der Waals surface area contributed by atoms with Crippen molar-refractivity contribution in [3.05, 3.63) is 30.1 Å². The third-order valence-electron chi connectivity index (χ3n) is 2.69. The molecule has 5 nitrogen and oxygen atoms in total. The maximum atomic E-state index is 11.6. The summed E-state index contributed by atoms with van der Waals surface area (Å²) in [7, 11) is 0. The largest absolute Gasteiger partial charge is 0.333 e. The Bertz CT molecular complexity index is 354. The average Bonchev–Trinajstić information content (AvgIpc) is 2.61. The molecule has 3 N–H and O–H groups in total. The van der Waals surface area contributed by atoms with Crippen LogP contribution in [0.2, 0.25) is 0 Å². The van der Waals surface area contributed by atoms with Gasteiger partial charge in [0.15, 0.2) is 0 Å². The number of carbonyl (C=O) groups is 1. The normalized spacial score (nSPS) is 19.9. The maximum Gasteiger partial charge on any atom is 0.318 e. The second-order valence-corrected chi connectivity index (χ2v) is 3.96. The number of hydrogen-bond donors (Lipinski definition) is 2. The van der Waals surface area contributed by atoms with Crippen molar-refractivity contribution in [1.82, 2.24) is 15.2 Å². The topological polar surface area (TPSA) is 71.2 Å². The first-order valence-electron chi connectivity index (χ1n) is 5.44. The number of amides is 2. The third-order valence-corrected chi connectivity index (χ3v) is 2.69. The molecular formula is C11H16N4O. The van der Waals surface area contributed by atoms with E-state index < -0.39 is 0 Å². The fourth-order valence-electron chi connectivity index (χ4n) is 1.87. The van der Waals surface area contributed by atoms with Gasteiger partial charge in [-0.25, -0.2) is 4.79 Å². The van der Waals surface area contributed by atoms with Crippen molar-refractivity contribution in [3.63, 3.8) is 0 Å². The van der Waals surface area contributed by atoms with Gasteiger partial charge in [-0.1, -0.05) is 0 Å². The molecule has 0 bridgehead atoms. The number of hydrogen-bond acceptors (Lipinski definition) is 3. The summed E-state index contributed by atoms with van der Waals surface area (Å²) in [6.07, 6.45) is 4.31. The number of aromatic nitrogens is 1. The number of pyridine rings is 1. The first-order chi connectivity index (χ1) is 7.79. The first kappa shape index (κ1) is 10.9. The van der Waals surface area contributed by atoms with Gasteiger partial charge in [0.2, 0.25) is 0 Å². The van der Waals surface area contributed by atoms with Crippen LogP contribution in [0.5, 0.6) is 0 Å². The molecule has 2 amide bonds. The van der Waals surface area contributed by atoms with E-state index >= 15 is 0 Å². The van der Waals surface area contributed by atoms with Crippen LogP contribution in [0.15, 0.2) is 24.5 Å². The van der Waals surface area contributed by atoms with Crippen LogP contribution >= 0.6 is 0 Å². The zero-order valence-corrected chi connectivity index (χ0v) is 9.10. The molecule has 2 heterocycles. The standard InChI is InChI=1S/C11H16N4O/c12-4-1-10-8-15(11(16)14-10)7-9-2-5-13-6-3-9/h2-3,5-6,10H,1,4,7-8,12H2,(H,14,16).